The maximum atomic E-state index is 12.4. The Morgan fingerprint density at radius 3 is 2.52 bits per heavy atom. The summed E-state index contributed by atoms with van der Waals surface area (Å²) in [7, 11) is 0. The molecule has 0 heterocycles. The lowest BCUT2D eigenvalue weighted by molar-refractivity contribution is 0.102. The highest BCUT2D eigenvalue weighted by Gasteiger charge is 2.09. The number of nitrogens with two attached hydrogens (primary N) is 1. The van der Waals surface area contributed by atoms with Gasteiger partial charge in [-0.25, -0.2) is 0 Å². The number of carbonyl (C=O) groups excluding carboxylic acids is 1. The van der Waals surface area contributed by atoms with Crippen LogP contribution >= 0.6 is 0 Å². The van der Waals surface area contributed by atoms with Gasteiger partial charge in [0.25, 0.3) is 5.91 Å². The van der Waals surface area contributed by atoms with Gasteiger partial charge in [0, 0.05) is 16.9 Å². The number of benzene rings is 3. The number of nitrogen functional groups attached to an aromatic ring is 1. The van der Waals surface area contributed by atoms with E-state index in [1.54, 1.807) is 0 Å². The summed E-state index contributed by atoms with van der Waals surface area (Å²) in [6.07, 6.45) is 0. The molecule has 0 aliphatic carbocycles. The van der Waals surface area contributed by atoms with Gasteiger partial charge in [-0.2, -0.15) is 0 Å². The molecule has 0 aliphatic heterocycles. The van der Waals surface area contributed by atoms with E-state index < -0.39 is 0 Å². The zero-order valence-corrected chi connectivity index (χ0v) is 11.8. The third kappa shape index (κ3) is 2.58. The minimum absolute atomic E-state index is 0.130. The van der Waals surface area contributed by atoms with Crippen LogP contribution in [0, 0.1) is 6.92 Å². The fourth-order valence-corrected chi connectivity index (χ4v) is 2.31. The summed E-state index contributed by atoms with van der Waals surface area (Å²) in [4.78, 5) is 12.4. The topological polar surface area (TPSA) is 55.1 Å². The number of amides is 1. The smallest absolute Gasteiger partial charge is 0.255 e. The predicted octanol–water partition coefficient (Wildman–Crippen LogP) is 3.98. The quantitative estimate of drug-likeness (QED) is 0.695. The first-order chi connectivity index (χ1) is 10.1. The Kier molecular flexibility index (Phi) is 3.32. The molecule has 0 bridgehead atoms. The van der Waals surface area contributed by atoms with Crippen LogP contribution in [0.5, 0.6) is 0 Å². The SMILES string of the molecule is Cc1c(N)cccc1NC(=O)c1ccc2ccccc2c1. The van der Waals surface area contributed by atoms with Gasteiger partial charge < -0.3 is 11.1 Å². The maximum Gasteiger partial charge on any atom is 0.255 e. The second-order valence-electron chi connectivity index (χ2n) is 5.04. The molecule has 3 heteroatoms. The Bertz CT molecular complexity index is 824. The van der Waals surface area contributed by atoms with E-state index in [2.05, 4.69) is 5.32 Å². The maximum absolute atomic E-state index is 12.4. The summed E-state index contributed by atoms with van der Waals surface area (Å²) in [5.74, 6) is -0.130. The van der Waals surface area contributed by atoms with Crippen molar-refractivity contribution in [1.29, 1.82) is 0 Å². The molecule has 3 nitrogen and oxygen atoms in total. The van der Waals surface area contributed by atoms with Gasteiger partial charge in [0.1, 0.15) is 0 Å². The van der Waals surface area contributed by atoms with Gasteiger partial charge in [-0.15, -0.1) is 0 Å². The van der Waals surface area contributed by atoms with Crippen molar-refractivity contribution in [2.75, 3.05) is 11.1 Å². The van der Waals surface area contributed by atoms with Crippen LogP contribution in [-0.2, 0) is 0 Å². The molecule has 0 spiro atoms. The number of rotatable bonds is 2. The second-order valence-corrected chi connectivity index (χ2v) is 5.04. The van der Waals surface area contributed by atoms with E-state index >= 15 is 0 Å². The molecule has 0 saturated heterocycles. The molecule has 0 aliphatic rings. The van der Waals surface area contributed by atoms with Gasteiger partial charge in [0.2, 0.25) is 0 Å². The highest BCUT2D eigenvalue weighted by atomic mass is 16.1. The minimum atomic E-state index is -0.130. The van der Waals surface area contributed by atoms with Gasteiger partial charge in [-0.1, -0.05) is 36.4 Å². The summed E-state index contributed by atoms with van der Waals surface area (Å²) >= 11 is 0. The first kappa shape index (κ1) is 13.2. The van der Waals surface area contributed by atoms with Crippen molar-refractivity contribution in [1.82, 2.24) is 0 Å². The Labute approximate surface area is 123 Å². The molecule has 21 heavy (non-hydrogen) atoms. The molecule has 0 saturated carbocycles. The fourth-order valence-electron chi connectivity index (χ4n) is 2.31. The molecule has 3 rings (SSSR count). The van der Waals surface area contributed by atoms with Gasteiger partial charge in [0.15, 0.2) is 0 Å². The molecule has 0 unspecified atom stereocenters. The number of fused-ring (bicyclic) bond motifs is 1. The first-order valence-corrected chi connectivity index (χ1v) is 6.80. The Hall–Kier alpha value is -2.81. The van der Waals surface area contributed by atoms with Crippen LogP contribution in [0.3, 0.4) is 0 Å². The molecular weight excluding hydrogens is 260 g/mol. The summed E-state index contributed by atoms with van der Waals surface area (Å²) in [5, 5.41) is 5.08. The van der Waals surface area contributed by atoms with E-state index in [4.69, 9.17) is 5.73 Å². The van der Waals surface area contributed by atoms with Crippen molar-refractivity contribution in [3.05, 3.63) is 71.8 Å². The average molecular weight is 276 g/mol. The largest absolute Gasteiger partial charge is 0.398 e. The first-order valence-electron chi connectivity index (χ1n) is 6.80. The zero-order valence-electron chi connectivity index (χ0n) is 11.8. The molecule has 0 fully saturated rings. The number of hydrogen-bond donors (Lipinski definition) is 2. The Morgan fingerprint density at radius 2 is 1.71 bits per heavy atom. The predicted molar refractivity (Wildman–Crippen MR) is 87.5 cm³/mol. The third-order valence-electron chi connectivity index (χ3n) is 3.64. The summed E-state index contributed by atoms with van der Waals surface area (Å²) in [5.41, 5.74) is 8.79. The van der Waals surface area contributed by atoms with Crippen molar-refractivity contribution >= 4 is 28.1 Å². The summed E-state index contributed by atoms with van der Waals surface area (Å²) in [6.45, 7) is 1.89. The number of carbonyl (C=O) groups is 1. The van der Waals surface area contributed by atoms with Crippen molar-refractivity contribution in [2.24, 2.45) is 0 Å². The average Bonchev–Trinajstić information content (AvgIpc) is 2.51. The highest BCUT2D eigenvalue weighted by molar-refractivity contribution is 6.07. The molecule has 3 aromatic rings. The lowest BCUT2D eigenvalue weighted by Crippen LogP contribution is -2.13. The lowest BCUT2D eigenvalue weighted by Gasteiger charge is -2.10. The standard InChI is InChI=1S/C18H16N2O/c1-12-16(19)7-4-8-17(12)20-18(21)15-10-9-13-5-2-3-6-14(13)11-15/h2-11H,19H2,1H3,(H,20,21). The molecule has 104 valence electrons. The van der Waals surface area contributed by atoms with Crippen LogP contribution in [0.4, 0.5) is 11.4 Å². The number of anilines is 2. The summed E-state index contributed by atoms with van der Waals surface area (Å²) in [6, 6.07) is 19.2. The highest BCUT2D eigenvalue weighted by Crippen LogP contribution is 2.22. The van der Waals surface area contributed by atoms with Crippen molar-refractivity contribution < 1.29 is 4.79 Å². The van der Waals surface area contributed by atoms with Crippen molar-refractivity contribution in [3.63, 3.8) is 0 Å². The van der Waals surface area contributed by atoms with Crippen LogP contribution in [0.1, 0.15) is 15.9 Å². The molecular formula is C18H16N2O. The number of hydrogen-bond acceptors (Lipinski definition) is 2. The van der Waals surface area contributed by atoms with Gasteiger partial charge in [-0.05, 0) is 47.5 Å². The van der Waals surface area contributed by atoms with Crippen molar-refractivity contribution in [2.45, 2.75) is 6.92 Å². The Morgan fingerprint density at radius 1 is 0.952 bits per heavy atom. The van der Waals surface area contributed by atoms with E-state index in [-0.39, 0.29) is 5.91 Å². The normalized spacial score (nSPS) is 10.5. The Balaban J connectivity index is 1.91. The van der Waals surface area contributed by atoms with Crippen molar-refractivity contribution in [3.8, 4) is 0 Å². The second kappa shape index (κ2) is 5.29. The van der Waals surface area contributed by atoms with Gasteiger partial charge in [0.05, 0.1) is 0 Å². The van der Waals surface area contributed by atoms with E-state index in [1.165, 1.54) is 0 Å². The van der Waals surface area contributed by atoms with Gasteiger partial charge in [-0.3, -0.25) is 4.79 Å². The lowest BCUT2D eigenvalue weighted by atomic mass is 10.1. The number of nitrogens with one attached hydrogen (secondary N) is 1. The van der Waals surface area contributed by atoms with Crippen LogP contribution < -0.4 is 11.1 Å². The van der Waals surface area contributed by atoms with Gasteiger partial charge >= 0.3 is 0 Å². The van der Waals surface area contributed by atoms with E-state index in [9.17, 15) is 4.79 Å². The van der Waals surface area contributed by atoms with Crippen LogP contribution in [0.15, 0.2) is 60.7 Å². The minimum Gasteiger partial charge on any atom is -0.398 e. The van der Waals surface area contributed by atoms with Crippen LogP contribution in [-0.4, -0.2) is 5.91 Å². The van der Waals surface area contributed by atoms with E-state index in [0.29, 0.717) is 11.3 Å². The zero-order chi connectivity index (χ0) is 14.8. The third-order valence-corrected chi connectivity index (χ3v) is 3.64. The molecule has 0 atom stereocenters. The molecule has 0 radical (unpaired) electrons. The molecule has 3 aromatic carbocycles. The summed E-state index contributed by atoms with van der Waals surface area (Å²) < 4.78 is 0. The monoisotopic (exact) mass is 276 g/mol. The van der Waals surface area contributed by atoms with Crippen LogP contribution in [0.2, 0.25) is 0 Å². The fraction of sp³-hybridized carbons (Fsp3) is 0.0556. The molecule has 0 aromatic heterocycles. The van der Waals surface area contributed by atoms with E-state index in [1.807, 2.05) is 67.6 Å². The van der Waals surface area contributed by atoms with Crippen LogP contribution in [0.25, 0.3) is 10.8 Å². The van der Waals surface area contributed by atoms with E-state index in [0.717, 1.165) is 22.0 Å². The molecule has 3 N–H and O–H groups in total. The molecule has 1 amide bonds.